The summed E-state index contributed by atoms with van der Waals surface area (Å²) >= 11 is 5.90. The summed E-state index contributed by atoms with van der Waals surface area (Å²) in [6, 6.07) is 7.34. The van der Waals surface area contributed by atoms with Gasteiger partial charge in [-0.05, 0) is 30.0 Å². The van der Waals surface area contributed by atoms with Crippen molar-refractivity contribution >= 4 is 21.6 Å². The van der Waals surface area contributed by atoms with E-state index in [0.717, 1.165) is 17.7 Å². The predicted molar refractivity (Wildman–Crippen MR) is 93.1 cm³/mol. The van der Waals surface area contributed by atoms with Gasteiger partial charge >= 0.3 is 0 Å². The zero-order valence-electron chi connectivity index (χ0n) is 13.0. The molecule has 7 heteroatoms. The first-order chi connectivity index (χ1) is 11.5. The number of hydrogen-bond donors (Lipinski definition) is 1. The zero-order valence-corrected chi connectivity index (χ0v) is 14.5. The van der Waals surface area contributed by atoms with Gasteiger partial charge in [-0.3, -0.25) is 0 Å². The maximum absolute atomic E-state index is 12.8. The molecule has 1 unspecified atom stereocenters. The number of benzene rings is 1. The number of nitrogens with one attached hydrogen (secondary N) is 1. The number of allylic oxidation sites excluding steroid dienone is 1. The van der Waals surface area contributed by atoms with E-state index in [1.54, 1.807) is 22.8 Å². The highest BCUT2D eigenvalue weighted by molar-refractivity contribution is 7.90. The first-order valence-electron chi connectivity index (χ1n) is 7.94. The molecule has 0 radical (unpaired) electrons. The number of fused-ring (bicyclic) bond motifs is 1. The van der Waals surface area contributed by atoms with E-state index in [2.05, 4.69) is 9.97 Å². The van der Waals surface area contributed by atoms with Crippen LogP contribution in [0.15, 0.2) is 48.9 Å². The van der Waals surface area contributed by atoms with Crippen LogP contribution in [0.1, 0.15) is 23.6 Å². The van der Waals surface area contributed by atoms with E-state index in [-0.39, 0.29) is 11.8 Å². The summed E-state index contributed by atoms with van der Waals surface area (Å²) in [6.45, 7) is 0.958. The van der Waals surface area contributed by atoms with Crippen LogP contribution in [-0.2, 0) is 16.6 Å². The van der Waals surface area contributed by atoms with E-state index in [1.807, 2.05) is 30.5 Å². The highest BCUT2D eigenvalue weighted by Crippen LogP contribution is 2.40. The van der Waals surface area contributed by atoms with Crippen LogP contribution in [0, 0.1) is 5.92 Å². The lowest BCUT2D eigenvalue weighted by Gasteiger charge is -2.23. The van der Waals surface area contributed by atoms with E-state index >= 15 is 0 Å². The van der Waals surface area contributed by atoms with Crippen LogP contribution in [0.2, 0.25) is 5.02 Å². The van der Waals surface area contributed by atoms with Crippen molar-refractivity contribution in [2.45, 2.75) is 24.1 Å². The average Bonchev–Trinajstić information content (AvgIpc) is 3.17. The van der Waals surface area contributed by atoms with Crippen molar-refractivity contribution in [3.8, 4) is 0 Å². The smallest absolute Gasteiger partial charge is 0.221 e. The molecule has 2 aromatic rings. The van der Waals surface area contributed by atoms with Gasteiger partial charge in [-0.25, -0.2) is 13.4 Å². The van der Waals surface area contributed by atoms with Gasteiger partial charge in [0.05, 0.1) is 11.6 Å². The highest BCUT2D eigenvalue weighted by atomic mass is 35.5. The van der Waals surface area contributed by atoms with Crippen LogP contribution in [0.4, 0.5) is 0 Å². The Morgan fingerprint density at radius 1 is 1.25 bits per heavy atom. The summed E-state index contributed by atoms with van der Waals surface area (Å²) in [5, 5.41) is 0.242. The molecule has 1 N–H and O–H groups in total. The minimum Gasteiger partial charge on any atom is -0.348 e. The van der Waals surface area contributed by atoms with Gasteiger partial charge in [0, 0.05) is 35.9 Å². The van der Waals surface area contributed by atoms with Gasteiger partial charge in [0.25, 0.3) is 0 Å². The second-order valence-electron chi connectivity index (χ2n) is 6.42. The largest absolute Gasteiger partial charge is 0.348 e. The van der Waals surface area contributed by atoms with E-state index < -0.39 is 15.3 Å². The maximum atomic E-state index is 12.8. The van der Waals surface area contributed by atoms with Crippen LogP contribution < -0.4 is 0 Å². The minimum absolute atomic E-state index is 0.112. The van der Waals surface area contributed by atoms with E-state index in [9.17, 15) is 8.42 Å². The van der Waals surface area contributed by atoms with Gasteiger partial charge in [-0.1, -0.05) is 35.9 Å². The minimum atomic E-state index is -3.30. The molecule has 0 amide bonds. The Hall–Kier alpha value is -1.63. The molecular weight excluding hydrogens is 346 g/mol. The standard InChI is InChI=1S/C17H18ClN3O2S/c18-15-4-1-12(2-5-15)9-21-10-14-7-13(16-8-19-11-20-16)3-6-17(14)24(21,22)23/h1-6,8,11,13-14,17H,7,9-10H2,(H,19,20)/t13-,14?,17+/m1/s1. The summed E-state index contributed by atoms with van der Waals surface area (Å²) in [5.74, 6) is 0.319. The third kappa shape index (κ3) is 2.79. The fourth-order valence-electron chi connectivity index (χ4n) is 3.65. The molecule has 24 heavy (non-hydrogen) atoms. The van der Waals surface area contributed by atoms with Crippen LogP contribution in [-0.4, -0.2) is 34.5 Å². The molecule has 1 aromatic carbocycles. The number of hydrogen-bond acceptors (Lipinski definition) is 3. The van der Waals surface area contributed by atoms with Crippen LogP contribution in [0.5, 0.6) is 0 Å². The van der Waals surface area contributed by atoms with Crippen molar-refractivity contribution in [1.29, 1.82) is 0 Å². The molecule has 1 aliphatic carbocycles. The third-order valence-corrected chi connectivity index (χ3v) is 7.37. The van der Waals surface area contributed by atoms with Crippen LogP contribution in [0.3, 0.4) is 0 Å². The van der Waals surface area contributed by atoms with Crippen molar-refractivity contribution in [3.05, 3.63) is 65.2 Å². The average molecular weight is 364 g/mol. The lowest BCUT2D eigenvalue weighted by atomic mass is 9.85. The zero-order chi connectivity index (χ0) is 16.7. The molecule has 126 valence electrons. The molecule has 1 saturated heterocycles. The van der Waals surface area contributed by atoms with Crippen molar-refractivity contribution in [2.75, 3.05) is 6.54 Å². The molecular formula is C17H18ClN3O2S. The molecule has 1 aromatic heterocycles. The summed E-state index contributed by atoms with van der Waals surface area (Å²) in [6.07, 6.45) is 8.15. The molecule has 0 bridgehead atoms. The molecule has 0 saturated carbocycles. The number of H-pyrrole nitrogens is 1. The Balaban J connectivity index is 1.54. The Morgan fingerprint density at radius 3 is 2.75 bits per heavy atom. The van der Waals surface area contributed by atoms with E-state index in [1.165, 1.54) is 0 Å². The molecule has 5 nitrogen and oxygen atoms in total. The third-order valence-electron chi connectivity index (χ3n) is 4.89. The second-order valence-corrected chi connectivity index (χ2v) is 8.95. The van der Waals surface area contributed by atoms with Gasteiger partial charge < -0.3 is 4.98 Å². The SMILES string of the molecule is O=S1(=O)[C@H]2C=C[C@@H](c3cnc[nH]3)CC2CN1Cc1ccc(Cl)cc1. The predicted octanol–water partition coefficient (Wildman–Crippen LogP) is 2.94. The van der Waals surface area contributed by atoms with Gasteiger partial charge in [0.15, 0.2) is 0 Å². The monoisotopic (exact) mass is 363 g/mol. The van der Waals surface area contributed by atoms with E-state index in [4.69, 9.17) is 11.6 Å². The molecule has 3 atom stereocenters. The quantitative estimate of drug-likeness (QED) is 0.852. The lowest BCUT2D eigenvalue weighted by Crippen LogP contribution is -2.29. The Labute approximate surface area is 146 Å². The number of nitrogens with zero attached hydrogens (tertiary/aromatic N) is 2. The normalized spacial score (nSPS) is 28.8. The van der Waals surface area contributed by atoms with Crippen molar-refractivity contribution in [3.63, 3.8) is 0 Å². The number of rotatable bonds is 3. The number of imidazole rings is 1. The van der Waals surface area contributed by atoms with Crippen molar-refractivity contribution in [1.82, 2.24) is 14.3 Å². The van der Waals surface area contributed by atoms with Gasteiger partial charge in [-0.2, -0.15) is 4.31 Å². The number of sulfonamides is 1. The summed E-state index contributed by atoms with van der Waals surface area (Å²) in [5.41, 5.74) is 1.99. The van der Waals surface area contributed by atoms with Crippen LogP contribution >= 0.6 is 11.6 Å². The first-order valence-corrected chi connectivity index (χ1v) is 9.82. The van der Waals surface area contributed by atoms with Crippen molar-refractivity contribution in [2.24, 2.45) is 5.92 Å². The lowest BCUT2D eigenvalue weighted by molar-refractivity contribution is 0.368. The Bertz CT molecular complexity index is 846. The van der Waals surface area contributed by atoms with Gasteiger partial charge in [0.1, 0.15) is 0 Å². The number of aromatic nitrogens is 2. The molecule has 2 aliphatic rings. The summed E-state index contributed by atoms with van der Waals surface area (Å²) in [7, 11) is -3.30. The number of aromatic amines is 1. The number of halogens is 1. The van der Waals surface area contributed by atoms with Gasteiger partial charge in [0.2, 0.25) is 10.0 Å². The second kappa shape index (κ2) is 6.02. The molecule has 1 aliphatic heterocycles. The summed E-state index contributed by atoms with van der Waals surface area (Å²) < 4.78 is 27.2. The summed E-state index contributed by atoms with van der Waals surface area (Å²) in [4.78, 5) is 7.19. The fourth-order valence-corrected chi connectivity index (χ4v) is 5.82. The van der Waals surface area contributed by atoms with Crippen molar-refractivity contribution < 1.29 is 8.42 Å². The fraction of sp³-hybridized carbons (Fsp3) is 0.353. The molecule has 2 heterocycles. The van der Waals surface area contributed by atoms with Crippen LogP contribution in [0.25, 0.3) is 0 Å². The molecule has 4 rings (SSSR count). The first kappa shape index (κ1) is 15.9. The highest BCUT2D eigenvalue weighted by Gasteiger charge is 2.46. The van der Waals surface area contributed by atoms with Gasteiger partial charge in [-0.15, -0.1) is 0 Å². The maximum Gasteiger partial charge on any atom is 0.221 e. The Kier molecular flexibility index (Phi) is 3.98. The van der Waals surface area contributed by atoms with E-state index in [0.29, 0.717) is 18.1 Å². The Morgan fingerprint density at radius 2 is 2.04 bits per heavy atom. The molecule has 1 fully saturated rings. The molecule has 0 spiro atoms. The topological polar surface area (TPSA) is 66.1 Å².